The van der Waals surface area contributed by atoms with Gasteiger partial charge >= 0.3 is 0 Å². The molecule has 130 valence electrons. The Labute approximate surface area is 153 Å². The van der Waals surface area contributed by atoms with Crippen LogP contribution >= 0.6 is 11.8 Å². The van der Waals surface area contributed by atoms with Gasteiger partial charge in [-0.15, -0.1) is 0 Å². The van der Waals surface area contributed by atoms with E-state index in [4.69, 9.17) is 14.7 Å². The van der Waals surface area contributed by atoms with Crippen LogP contribution in [0.15, 0.2) is 36.4 Å². The first kappa shape index (κ1) is 17.5. The van der Waals surface area contributed by atoms with Gasteiger partial charge in [0.15, 0.2) is 5.82 Å². The summed E-state index contributed by atoms with van der Waals surface area (Å²) in [4.78, 5) is 9.60. The van der Waals surface area contributed by atoms with Gasteiger partial charge in [0.25, 0.3) is 0 Å². The summed E-state index contributed by atoms with van der Waals surface area (Å²) >= 11 is 1.81. The zero-order valence-electron chi connectivity index (χ0n) is 15.1. The van der Waals surface area contributed by atoms with Gasteiger partial charge in [0, 0.05) is 23.2 Å². The Morgan fingerprint density at radius 3 is 2.68 bits per heavy atom. The second kappa shape index (κ2) is 7.74. The average Bonchev–Trinajstić information content (AvgIpc) is 2.61. The summed E-state index contributed by atoms with van der Waals surface area (Å²) in [6.45, 7) is 4.97. The van der Waals surface area contributed by atoms with Gasteiger partial charge < -0.3 is 10.1 Å². The number of ether oxygens (including phenoxy) is 1. The van der Waals surface area contributed by atoms with Crippen molar-refractivity contribution in [2.75, 3.05) is 31.0 Å². The largest absolute Gasteiger partial charge is 0.496 e. The standard InChI is InChI=1S/C20H23N3OS/c1-13-6-5-7-15(10-13)19-22-17-11-14(2)18(24-3)12-16(17)20(23-19)21-8-9-25-4/h5-7,10-12H,8-9H2,1-4H3,(H,21,22,23). The Balaban J connectivity index is 2.16. The van der Waals surface area contributed by atoms with Crippen LogP contribution in [0.3, 0.4) is 0 Å². The van der Waals surface area contributed by atoms with Crippen LogP contribution in [-0.2, 0) is 0 Å². The van der Waals surface area contributed by atoms with E-state index in [0.29, 0.717) is 0 Å². The third-order valence-electron chi connectivity index (χ3n) is 4.09. The molecule has 5 heteroatoms. The monoisotopic (exact) mass is 353 g/mol. The molecule has 0 unspecified atom stereocenters. The van der Waals surface area contributed by atoms with Crippen LogP contribution in [0.5, 0.6) is 5.75 Å². The van der Waals surface area contributed by atoms with Crippen molar-refractivity contribution in [3.63, 3.8) is 0 Å². The maximum absolute atomic E-state index is 5.48. The van der Waals surface area contributed by atoms with E-state index in [1.165, 1.54) is 5.56 Å². The summed E-state index contributed by atoms with van der Waals surface area (Å²) in [5, 5.41) is 4.44. The zero-order chi connectivity index (χ0) is 17.8. The molecule has 4 nitrogen and oxygen atoms in total. The van der Waals surface area contributed by atoms with E-state index < -0.39 is 0 Å². The van der Waals surface area contributed by atoms with Crippen molar-refractivity contribution in [2.24, 2.45) is 0 Å². The second-order valence-corrected chi connectivity index (χ2v) is 7.01. The fourth-order valence-electron chi connectivity index (χ4n) is 2.80. The number of hydrogen-bond acceptors (Lipinski definition) is 5. The highest BCUT2D eigenvalue weighted by molar-refractivity contribution is 7.98. The van der Waals surface area contributed by atoms with Crippen molar-refractivity contribution in [1.29, 1.82) is 0 Å². The molecule has 0 fully saturated rings. The molecule has 1 heterocycles. The third-order valence-corrected chi connectivity index (χ3v) is 4.70. The number of aryl methyl sites for hydroxylation is 2. The summed E-state index contributed by atoms with van der Waals surface area (Å²) in [6.07, 6.45) is 2.10. The number of nitrogens with zero attached hydrogens (tertiary/aromatic N) is 2. The molecular formula is C20H23N3OS. The van der Waals surface area contributed by atoms with Gasteiger partial charge in [0.05, 0.1) is 12.6 Å². The Morgan fingerprint density at radius 2 is 1.96 bits per heavy atom. The fourth-order valence-corrected chi connectivity index (χ4v) is 3.11. The first-order valence-corrected chi connectivity index (χ1v) is 9.68. The molecule has 0 atom stereocenters. The highest BCUT2D eigenvalue weighted by Gasteiger charge is 2.12. The molecule has 3 rings (SSSR count). The minimum atomic E-state index is 0.743. The molecular weight excluding hydrogens is 330 g/mol. The molecule has 0 spiro atoms. The van der Waals surface area contributed by atoms with E-state index in [-0.39, 0.29) is 0 Å². The minimum Gasteiger partial charge on any atom is -0.496 e. The van der Waals surface area contributed by atoms with Crippen LogP contribution in [0.2, 0.25) is 0 Å². The van der Waals surface area contributed by atoms with E-state index in [0.717, 1.165) is 51.7 Å². The smallest absolute Gasteiger partial charge is 0.162 e. The number of nitrogens with one attached hydrogen (secondary N) is 1. The van der Waals surface area contributed by atoms with Crippen LogP contribution in [0.4, 0.5) is 5.82 Å². The van der Waals surface area contributed by atoms with Crippen molar-refractivity contribution in [3.05, 3.63) is 47.5 Å². The van der Waals surface area contributed by atoms with Gasteiger partial charge in [-0.3, -0.25) is 0 Å². The number of aromatic nitrogens is 2. The number of anilines is 1. The number of benzene rings is 2. The SMILES string of the molecule is COc1cc2c(NCCSC)nc(-c3cccc(C)c3)nc2cc1C. The van der Waals surface area contributed by atoms with Crippen molar-refractivity contribution in [1.82, 2.24) is 9.97 Å². The fraction of sp³-hybridized carbons (Fsp3) is 0.300. The number of thioether (sulfide) groups is 1. The number of methoxy groups -OCH3 is 1. The number of rotatable bonds is 6. The van der Waals surface area contributed by atoms with Gasteiger partial charge in [-0.05, 0) is 43.9 Å². The van der Waals surface area contributed by atoms with E-state index in [9.17, 15) is 0 Å². The highest BCUT2D eigenvalue weighted by atomic mass is 32.2. The molecule has 0 saturated carbocycles. The van der Waals surface area contributed by atoms with Gasteiger partial charge in [0.2, 0.25) is 0 Å². The van der Waals surface area contributed by atoms with Crippen LogP contribution in [0.25, 0.3) is 22.3 Å². The zero-order valence-corrected chi connectivity index (χ0v) is 15.9. The topological polar surface area (TPSA) is 47.0 Å². The van der Waals surface area contributed by atoms with E-state index in [2.05, 4.69) is 42.8 Å². The maximum Gasteiger partial charge on any atom is 0.162 e. The normalized spacial score (nSPS) is 10.9. The Hall–Kier alpha value is -2.27. The maximum atomic E-state index is 5.48. The average molecular weight is 353 g/mol. The Bertz CT molecular complexity index is 895. The summed E-state index contributed by atoms with van der Waals surface area (Å²) < 4.78 is 5.48. The summed E-state index contributed by atoms with van der Waals surface area (Å²) in [6, 6.07) is 12.4. The molecule has 3 aromatic rings. The van der Waals surface area contributed by atoms with E-state index >= 15 is 0 Å². The predicted octanol–water partition coefficient (Wildman–Crippen LogP) is 4.70. The van der Waals surface area contributed by atoms with Crippen molar-refractivity contribution in [2.45, 2.75) is 13.8 Å². The van der Waals surface area contributed by atoms with Crippen LogP contribution in [0, 0.1) is 13.8 Å². The lowest BCUT2D eigenvalue weighted by atomic mass is 10.1. The quantitative estimate of drug-likeness (QED) is 0.651. The molecule has 0 bridgehead atoms. The van der Waals surface area contributed by atoms with Crippen molar-refractivity contribution >= 4 is 28.5 Å². The predicted molar refractivity (Wildman–Crippen MR) is 108 cm³/mol. The van der Waals surface area contributed by atoms with Gasteiger partial charge in [0.1, 0.15) is 11.6 Å². The summed E-state index contributed by atoms with van der Waals surface area (Å²) in [7, 11) is 1.69. The third kappa shape index (κ3) is 3.87. The van der Waals surface area contributed by atoms with E-state index in [1.807, 2.05) is 30.8 Å². The van der Waals surface area contributed by atoms with Gasteiger partial charge in [-0.2, -0.15) is 11.8 Å². The molecule has 0 aliphatic carbocycles. The van der Waals surface area contributed by atoms with Crippen molar-refractivity contribution < 1.29 is 4.74 Å². The first-order valence-electron chi connectivity index (χ1n) is 8.28. The van der Waals surface area contributed by atoms with Gasteiger partial charge in [-0.25, -0.2) is 9.97 Å². The van der Waals surface area contributed by atoms with Gasteiger partial charge in [-0.1, -0.05) is 23.8 Å². The Kier molecular flexibility index (Phi) is 5.43. The molecule has 2 aromatic carbocycles. The number of fused-ring (bicyclic) bond motifs is 1. The van der Waals surface area contributed by atoms with Crippen LogP contribution in [0.1, 0.15) is 11.1 Å². The van der Waals surface area contributed by atoms with Crippen LogP contribution < -0.4 is 10.1 Å². The summed E-state index contributed by atoms with van der Waals surface area (Å²) in [5.41, 5.74) is 4.22. The lowest BCUT2D eigenvalue weighted by molar-refractivity contribution is 0.412. The Morgan fingerprint density at radius 1 is 1.12 bits per heavy atom. The lowest BCUT2D eigenvalue weighted by Gasteiger charge is -2.13. The van der Waals surface area contributed by atoms with E-state index in [1.54, 1.807) is 7.11 Å². The molecule has 0 radical (unpaired) electrons. The van der Waals surface area contributed by atoms with Crippen LogP contribution in [-0.4, -0.2) is 35.6 Å². The molecule has 0 saturated heterocycles. The molecule has 25 heavy (non-hydrogen) atoms. The minimum absolute atomic E-state index is 0.743. The molecule has 1 aromatic heterocycles. The lowest BCUT2D eigenvalue weighted by Crippen LogP contribution is -2.08. The molecule has 0 aliphatic heterocycles. The summed E-state index contributed by atoms with van der Waals surface area (Å²) in [5.74, 6) is 3.47. The highest BCUT2D eigenvalue weighted by Crippen LogP contribution is 2.30. The first-order chi connectivity index (χ1) is 12.1. The number of hydrogen-bond donors (Lipinski definition) is 1. The molecule has 1 N–H and O–H groups in total. The molecule has 0 amide bonds. The second-order valence-electron chi connectivity index (χ2n) is 6.02. The van der Waals surface area contributed by atoms with Crippen molar-refractivity contribution in [3.8, 4) is 17.1 Å². The molecule has 0 aliphatic rings.